The molecule has 7 nitrogen and oxygen atoms in total. The number of esters is 1. The van der Waals surface area contributed by atoms with Gasteiger partial charge in [-0.2, -0.15) is 0 Å². The third-order valence-corrected chi connectivity index (χ3v) is 3.68. The Morgan fingerprint density at radius 1 is 1.33 bits per heavy atom. The van der Waals surface area contributed by atoms with Gasteiger partial charge >= 0.3 is 5.97 Å². The highest BCUT2D eigenvalue weighted by Gasteiger charge is 2.24. The fraction of sp³-hybridized carbons (Fsp3) is 0.294. The van der Waals surface area contributed by atoms with Crippen LogP contribution in [-0.4, -0.2) is 15.5 Å². The number of pyridine rings is 1. The summed E-state index contributed by atoms with van der Waals surface area (Å²) in [7, 11) is 0. The Labute approximate surface area is 138 Å². The molecule has 0 aliphatic rings. The summed E-state index contributed by atoms with van der Waals surface area (Å²) in [5, 5.41) is 11.1. The van der Waals surface area contributed by atoms with E-state index in [9.17, 15) is 19.7 Å². The minimum absolute atomic E-state index is 0.0822. The van der Waals surface area contributed by atoms with Gasteiger partial charge in [0.05, 0.1) is 11.1 Å². The van der Waals surface area contributed by atoms with E-state index in [0.717, 1.165) is 22.4 Å². The molecule has 2 rings (SSSR count). The molecule has 126 valence electrons. The number of rotatable bonds is 6. The molecular formula is C17H18N2O5. The van der Waals surface area contributed by atoms with Crippen LogP contribution in [0.3, 0.4) is 0 Å². The summed E-state index contributed by atoms with van der Waals surface area (Å²) in [6.45, 7) is 3.28. The molecule has 0 aliphatic carbocycles. The van der Waals surface area contributed by atoms with E-state index in [2.05, 4.69) is 0 Å². The summed E-state index contributed by atoms with van der Waals surface area (Å²) in [6.07, 6.45) is 1.39. The lowest BCUT2D eigenvalue weighted by atomic mass is 10.2. The van der Waals surface area contributed by atoms with E-state index in [0.29, 0.717) is 0 Å². The highest BCUT2D eigenvalue weighted by Crippen LogP contribution is 2.19. The molecule has 0 aliphatic heterocycles. The van der Waals surface area contributed by atoms with E-state index in [1.54, 1.807) is 6.92 Å². The smallest absolute Gasteiger partial charge is 0.329 e. The van der Waals surface area contributed by atoms with Crippen molar-refractivity contribution in [2.24, 2.45) is 0 Å². The first-order valence-corrected chi connectivity index (χ1v) is 7.51. The lowest BCUT2D eigenvalue weighted by Gasteiger charge is -2.17. The third kappa shape index (κ3) is 3.87. The number of nitro groups is 1. The number of aromatic nitrogens is 1. The average Bonchev–Trinajstić information content (AvgIpc) is 2.56. The predicted molar refractivity (Wildman–Crippen MR) is 87.7 cm³/mol. The minimum Gasteiger partial charge on any atom is -0.459 e. The molecule has 1 heterocycles. The van der Waals surface area contributed by atoms with Gasteiger partial charge in [-0.05, 0) is 18.9 Å². The Balaban J connectivity index is 2.24. The molecule has 1 unspecified atom stereocenters. The molecule has 0 saturated carbocycles. The van der Waals surface area contributed by atoms with Crippen LogP contribution < -0.4 is 5.56 Å². The van der Waals surface area contributed by atoms with Crippen molar-refractivity contribution in [3.63, 3.8) is 0 Å². The van der Waals surface area contributed by atoms with Gasteiger partial charge in [0.2, 0.25) is 0 Å². The molecule has 2 aromatic rings. The SMILES string of the molecule is CCC(C(=O)OCc1ccccc1)n1cc([N+](=O)[O-])c(C)cc1=O. The zero-order chi connectivity index (χ0) is 17.7. The summed E-state index contributed by atoms with van der Waals surface area (Å²) in [5.41, 5.74) is 0.405. The Morgan fingerprint density at radius 2 is 2.00 bits per heavy atom. The van der Waals surface area contributed by atoms with E-state index in [-0.39, 0.29) is 24.3 Å². The van der Waals surface area contributed by atoms with Gasteiger partial charge < -0.3 is 4.74 Å². The largest absolute Gasteiger partial charge is 0.459 e. The quantitative estimate of drug-likeness (QED) is 0.461. The number of carbonyl (C=O) groups is 1. The molecule has 0 N–H and O–H groups in total. The molecule has 0 bridgehead atoms. The van der Waals surface area contributed by atoms with Crippen molar-refractivity contribution < 1.29 is 14.5 Å². The number of hydrogen-bond donors (Lipinski definition) is 0. The van der Waals surface area contributed by atoms with Crippen LogP contribution in [0.25, 0.3) is 0 Å². The van der Waals surface area contributed by atoms with Gasteiger partial charge in [-0.3, -0.25) is 19.5 Å². The van der Waals surface area contributed by atoms with E-state index in [1.807, 2.05) is 30.3 Å². The molecule has 1 atom stereocenters. The zero-order valence-electron chi connectivity index (χ0n) is 13.5. The number of ether oxygens (including phenoxy) is 1. The summed E-state index contributed by atoms with van der Waals surface area (Å²) in [6, 6.07) is 9.40. The normalized spacial score (nSPS) is 11.8. The van der Waals surface area contributed by atoms with E-state index < -0.39 is 22.5 Å². The first kappa shape index (κ1) is 17.4. The Bertz CT molecular complexity index is 798. The number of carbonyl (C=O) groups excluding carboxylic acids is 1. The van der Waals surface area contributed by atoms with Gasteiger partial charge in [0, 0.05) is 11.6 Å². The molecule has 0 radical (unpaired) electrons. The fourth-order valence-electron chi connectivity index (χ4n) is 2.37. The predicted octanol–water partition coefficient (Wildman–Crippen LogP) is 2.76. The molecule has 7 heteroatoms. The average molecular weight is 330 g/mol. The van der Waals surface area contributed by atoms with E-state index in [1.165, 1.54) is 6.92 Å². The third-order valence-electron chi connectivity index (χ3n) is 3.68. The Kier molecular flexibility index (Phi) is 5.47. The summed E-state index contributed by atoms with van der Waals surface area (Å²) < 4.78 is 6.32. The monoisotopic (exact) mass is 330 g/mol. The molecule has 0 fully saturated rings. The molecule has 1 aromatic heterocycles. The number of hydrogen-bond acceptors (Lipinski definition) is 5. The Hall–Kier alpha value is -2.96. The van der Waals surface area contributed by atoms with Crippen LogP contribution in [-0.2, 0) is 16.1 Å². The highest BCUT2D eigenvalue weighted by molar-refractivity contribution is 5.74. The van der Waals surface area contributed by atoms with Crippen molar-refractivity contribution in [1.82, 2.24) is 4.57 Å². The highest BCUT2D eigenvalue weighted by atomic mass is 16.6. The summed E-state index contributed by atoms with van der Waals surface area (Å²) >= 11 is 0. The van der Waals surface area contributed by atoms with Gasteiger partial charge in [-0.15, -0.1) is 0 Å². The van der Waals surface area contributed by atoms with Gasteiger partial charge in [0.25, 0.3) is 11.2 Å². The molecule has 0 saturated heterocycles. The maximum absolute atomic E-state index is 12.3. The van der Waals surface area contributed by atoms with Crippen molar-refractivity contribution in [2.75, 3.05) is 0 Å². The van der Waals surface area contributed by atoms with E-state index >= 15 is 0 Å². The molecule has 24 heavy (non-hydrogen) atoms. The second kappa shape index (κ2) is 7.54. The molecule has 1 aromatic carbocycles. The maximum Gasteiger partial charge on any atom is 0.329 e. The van der Waals surface area contributed by atoms with Crippen molar-refractivity contribution in [3.8, 4) is 0 Å². The Morgan fingerprint density at radius 3 is 2.58 bits per heavy atom. The molecule has 0 spiro atoms. The summed E-state index contributed by atoms with van der Waals surface area (Å²) in [4.78, 5) is 34.9. The zero-order valence-corrected chi connectivity index (χ0v) is 13.5. The van der Waals surface area contributed by atoms with Crippen LogP contribution in [0.4, 0.5) is 5.69 Å². The molecular weight excluding hydrogens is 312 g/mol. The van der Waals surface area contributed by atoms with Crippen LogP contribution in [0.5, 0.6) is 0 Å². The standard InChI is InChI=1S/C17H18N2O5/c1-3-14(17(21)24-11-13-7-5-4-6-8-13)18-10-15(19(22)23)12(2)9-16(18)20/h4-10,14H,3,11H2,1-2H3. The second-order valence-corrected chi connectivity index (χ2v) is 5.36. The van der Waals surface area contributed by atoms with Crippen molar-refractivity contribution >= 4 is 11.7 Å². The minimum atomic E-state index is -0.902. The number of aryl methyl sites for hydroxylation is 1. The summed E-state index contributed by atoms with van der Waals surface area (Å²) in [5.74, 6) is -0.596. The number of nitrogens with zero attached hydrogens (tertiary/aromatic N) is 2. The van der Waals surface area contributed by atoms with E-state index in [4.69, 9.17) is 4.74 Å². The van der Waals surface area contributed by atoms with Gasteiger partial charge in [-0.1, -0.05) is 37.3 Å². The molecule has 0 amide bonds. The van der Waals surface area contributed by atoms with Gasteiger partial charge in [0.15, 0.2) is 0 Å². The van der Waals surface area contributed by atoms with Crippen LogP contribution in [0.15, 0.2) is 47.4 Å². The topological polar surface area (TPSA) is 91.4 Å². The first-order valence-electron chi connectivity index (χ1n) is 7.51. The lowest BCUT2D eigenvalue weighted by Crippen LogP contribution is -2.30. The van der Waals surface area contributed by atoms with Crippen LogP contribution in [0, 0.1) is 17.0 Å². The second-order valence-electron chi connectivity index (χ2n) is 5.36. The van der Waals surface area contributed by atoms with Crippen molar-refractivity contribution in [1.29, 1.82) is 0 Å². The lowest BCUT2D eigenvalue weighted by molar-refractivity contribution is -0.386. The van der Waals surface area contributed by atoms with Crippen LogP contribution in [0.2, 0.25) is 0 Å². The van der Waals surface area contributed by atoms with Crippen LogP contribution in [0.1, 0.15) is 30.5 Å². The van der Waals surface area contributed by atoms with Gasteiger partial charge in [-0.25, -0.2) is 4.79 Å². The van der Waals surface area contributed by atoms with Crippen molar-refractivity contribution in [2.45, 2.75) is 32.9 Å². The van der Waals surface area contributed by atoms with Crippen molar-refractivity contribution in [3.05, 3.63) is 74.2 Å². The van der Waals surface area contributed by atoms with Gasteiger partial charge in [0.1, 0.15) is 12.6 Å². The van der Waals surface area contributed by atoms with Crippen LogP contribution >= 0.6 is 0 Å². The first-order chi connectivity index (χ1) is 11.4. The number of benzene rings is 1. The fourth-order valence-corrected chi connectivity index (χ4v) is 2.37. The maximum atomic E-state index is 12.3.